The number of rotatable bonds is 7. The van der Waals surface area contributed by atoms with Gasteiger partial charge in [-0.3, -0.25) is 14.4 Å². The lowest BCUT2D eigenvalue weighted by Crippen LogP contribution is -2.32. The summed E-state index contributed by atoms with van der Waals surface area (Å²) in [4.78, 5) is 39.2. The summed E-state index contributed by atoms with van der Waals surface area (Å²) in [6.07, 6.45) is 1.55. The fourth-order valence-corrected chi connectivity index (χ4v) is 4.31. The molecule has 0 bridgehead atoms. The van der Waals surface area contributed by atoms with Gasteiger partial charge in [0.05, 0.1) is 11.6 Å². The second-order valence-corrected chi connectivity index (χ2v) is 8.72. The fraction of sp³-hybridized carbons (Fsp3) is 0.240. The smallest absolute Gasteiger partial charge is 0.308 e. The largest absolute Gasteiger partial charge is 0.503 e. The zero-order valence-corrected chi connectivity index (χ0v) is 19.7. The van der Waals surface area contributed by atoms with Crippen LogP contribution in [0.15, 0.2) is 68.8 Å². The molecule has 0 spiro atoms. The van der Waals surface area contributed by atoms with Crippen molar-refractivity contribution in [3.8, 4) is 5.75 Å². The van der Waals surface area contributed by atoms with E-state index >= 15 is 0 Å². The third kappa shape index (κ3) is 4.43. The summed E-state index contributed by atoms with van der Waals surface area (Å²) >= 11 is 3.40. The van der Waals surface area contributed by atoms with Gasteiger partial charge in [-0.05, 0) is 48.4 Å². The number of ether oxygens (including phenoxy) is 1. The van der Waals surface area contributed by atoms with Crippen LogP contribution in [0.1, 0.15) is 48.8 Å². The Hall–Kier alpha value is -3.39. The molecule has 1 N–H and O–H groups in total. The lowest BCUT2D eigenvalue weighted by Gasteiger charge is -2.26. The average molecular weight is 512 g/mol. The maximum Gasteiger partial charge on any atom is 0.308 e. The molecule has 0 radical (unpaired) electrons. The molecule has 1 aromatic heterocycles. The highest BCUT2D eigenvalue weighted by atomic mass is 79.9. The first kappa shape index (κ1) is 22.8. The summed E-state index contributed by atoms with van der Waals surface area (Å²) in [6, 6.07) is 12.7. The first-order chi connectivity index (χ1) is 15.8. The van der Waals surface area contributed by atoms with E-state index in [0.717, 1.165) is 16.3 Å². The van der Waals surface area contributed by atoms with E-state index in [1.165, 1.54) is 11.8 Å². The van der Waals surface area contributed by atoms with Crippen molar-refractivity contribution in [2.45, 2.75) is 32.7 Å². The predicted octanol–water partition coefficient (Wildman–Crippen LogP) is 5.50. The summed E-state index contributed by atoms with van der Waals surface area (Å²) in [5.74, 6) is -1.79. The van der Waals surface area contributed by atoms with Gasteiger partial charge in [0.25, 0.3) is 5.91 Å². The number of hydrogen-bond donors (Lipinski definition) is 1. The van der Waals surface area contributed by atoms with Crippen molar-refractivity contribution in [2.24, 2.45) is 0 Å². The van der Waals surface area contributed by atoms with Gasteiger partial charge in [-0.1, -0.05) is 41.4 Å². The van der Waals surface area contributed by atoms with Crippen LogP contribution in [0.5, 0.6) is 5.75 Å². The topological polar surface area (TPSA) is 97.1 Å². The van der Waals surface area contributed by atoms with Crippen LogP contribution in [0.3, 0.4) is 0 Å². The lowest BCUT2D eigenvalue weighted by atomic mass is 9.95. The number of benzene rings is 2. The standard InChI is InChI=1S/C25H22BrNO6/c1-3-4-11-27-22(15-5-8-18(9-6-15)32-14(2)28)21(24(30)25(27)31)23(29)20-13-16-12-17(26)7-10-19(16)33-20/h5-10,12-13,22,30H,3-4,11H2,1-2H3. The lowest BCUT2D eigenvalue weighted by molar-refractivity contribution is -0.132. The molecule has 170 valence electrons. The Morgan fingerprint density at radius 3 is 2.55 bits per heavy atom. The van der Waals surface area contributed by atoms with E-state index in [4.69, 9.17) is 9.15 Å². The molecule has 7 nitrogen and oxygen atoms in total. The predicted molar refractivity (Wildman–Crippen MR) is 125 cm³/mol. The maximum absolute atomic E-state index is 13.5. The van der Waals surface area contributed by atoms with Crippen LogP contribution in [-0.2, 0) is 9.59 Å². The van der Waals surface area contributed by atoms with Crippen LogP contribution < -0.4 is 4.74 Å². The molecule has 1 aliphatic rings. The Bertz CT molecular complexity index is 1270. The number of halogens is 1. The summed E-state index contributed by atoms with van der Waals surface area (Å²) in [5, 5.41) is 11.5. The first-order valence-electron chi connectivity index (χ1n) is 10.6. The molecule has 0 saturated carbocycles. The third-order valence-electron chi connectivity index (χ3n) is 5.46. The molecule has 0 saturated heterocycles. The van der Waals surface area contributed by atoms with Crippen LogP contribution in [0.25, 0.3) is 11.0 Å². The highest BCUT2D eigenvalue weighted by Gasteiger charge is 2.44. The average Bonchev–Trinajstić information content (AvgIpc) is 3.31. The number of ketones is 1. The van der Waals surface area contributed by atoms with E-state index in [1.807, 2.05) is 13.0 Å². The number of esters is 1. The number of furan rings is 1. The summed E-state index contributed by atoms with van der Waals surface area (Å²) in [6.45, 7) is 3.68. The number of aliphatic hydroxyl groups excluding tert-OH is 1. The van der Waals surface area contributed by atoms with E-state index in [1.54, 1.807) is 42.5 Å². The number of unbranched alkanes of at least 4 members (excludes halogenated alkanes) is 1. The van der Waals surface area contributed by atoms with Crippen molar-refractivity contribution in [2.75, 3.05) is 6.54 Å². The Morgan fingerprint density at radius 2 is 1.88 bits per heavy atom. The summed E-state index contributed by atoms with van der Waals surface area (Å²) in [5.41, 5.74) is 1.10. The molecule has 1 amide bonds. The number of nitrogens with zero attached hydrogens (tertiary/aromatic N) is 1. The Labute approximate surface area is 198 Å². The Kier molecular flexibility index (Phi) is 6.37. The Morgan fingerprint density at radius 1 is 1.15 bits per heavy atom. The van der Waals surface area contributed by atoms with Gasteiger partial charge in [0.2, 0.25) is 5.78 Å². The fourth-order valence-electron chi connectivity index (χ4n) is 3.93. The van der Waals surface area contributed by atoms with Crippen LogP contribution in [0.2, 0.25) is 0 Å². The quantitative estimate of drug-likeness (QED) is 0.255. The van der Waals surface area contributed by atoms with Crippen LogP contribution in [-0.4, -0.2) is 34.2 Å². The van der Waals surface area contributed by atoms with Gasteiger partial charge in [0, 0.05) is 23.3 Å². The van der Waals surface area contributed by atoms with Gasteiger partial charge in [0.1, 0.15) is 11.3 Å². The number of Topliss-reactive ketones (excluding diaryl/α,β-unsaturated/α-hetero) is 1. The van der Waals surface area contributed by atoms with E-state index in [9.17, 15) is 19.5 Å². The van der Waals surface area contributed by atoms with Gasteiger partial charge in [0.15, 0.2) is 11.5 Å². The number of amides is 1. The van der Waals surface area contributed by atoms with E-state index < -0.39 is 29.5 Å². The number of fused-ring (bicyclic) bond motifs is 1. The number of aliphatic hydroxyl groups is 1. The number of carbonyl (C=O) groups excluding carboxylic acids is 3. The zero-order valence-electron chi connectivity index (χ0n) is 18.1. The van der Waals surface area contributed by atoms with Crippen LogP contribution in [0, 0.1) is 0 Å². The molecule has 4 rings (SSSR count). The molecule has 1 unspecified atom stereocenters. The molecule has 1 atom stereocenters. The number of carbonyl (C=O) groups is 3. The summed E-state index contributed by atoms with van der Waals surface area (Å²) < 4.78 is 11.7. The Balaban J connectivity index is 1.76. The molecular weight excluding hydrogens is 490 g/mol. The second kappa shape index (κ2) is 9.23. The van der Waals surface area contributed by atoms with E-state index in [2.05, 4.69) is 15.9 Å². The van der Waals surface area contributed by atoms with E-state index in [0.29, 0.717) is 29.9 Å². The molecule has 2 heterocycles. The monoisotopic (exact) mass is 511 g/mol. The normalized spacial score (nSPS) is 16.0. The number of hydrogen-bond acceptors (Lipinski definition) is 6. The van der Waals surface area contributed by atoms with Gasteiger partial charge in [-0.15, -0.1) is 0 Å². The van der Waals surface area contributed by atoms with Crippen molar-refractivity contribution in [1.82, 2.24) is 4.90 Å². The van der Waals surface area contributed by atoms with Gasteiger partial charge < -0.3 is 19.2 Å². The van der Waals surface area contributed by atoms with Gasteiger partial charge in [-0.2, -0.15) is 0 Å². The van der Waals surface area contributed by atoms with Crippen LogP contribution in [0.4, 0.5) is 0 Å². The molecule has 1 aliphatic heterocycles. The SMILES string of the molecule is CCCCN1C(=O)C(O)=C(C(=O)c2cc3cc(Br)ccc3o2)C1c1ccc(OC(C)=O)cc1. The van der Waals surface area contributed by atoms with Crippen molar-refractivity contribution >= 4 is 44.6 Å². The molecule has 3 aromatic rings. The molecule has 0 fully saturated rings. The van der Waals surface area contributed by atoms with Crippen LogP contribution >= 0.6 is 15.9 Å². The zero-order chi connectivity index (χ0) is 23.7. The molecule has 8 heteroatoms. The highest BCUT2D eigenvalue weighted by molar-refractivity contribution is 9.10. The van der Waals surface area contributed by atoms with Gasteiger partial charge >= 0.3 is 5.97 Å². The highest BCUT2D eigenvalue weighted by Crippen LogP contribution is 2.40. The van der Waals surface area contributed by atoms with Crippen molar-refractivity contribution in [1.29, 1.82) is 0 Å². The van der Waals surface area contributed by atoms with Crippen molar-refractivity contribution in [3.05, 3.63) is 75.7 Å². The molecule has 33 heavy (non-hydrogen) atoms. The summed E-state index contributed by atoms with van der Waals surface area (Å²) in [7, 11) is 0. The minimum absolute atomic E-state index is 0.0329. The van der Waals surface area contributed by atoms with Crippen molar-refractivity contribution in [3.63, 3.8) is 0 Å². The second-order valence-electron chi connectivity index (χ2n) is 7.80. The first-order valence-corrected chi connectivity index (χ1v) is 11.4. The van der Waals surface area contributed by atoms with Crippen molar-refractivity contribution < 1.29 is 28.6 Å². The third-order valence-corrected chi connectivity index (χ3v) is 5.95. The minimum atomic E-state index is -0.789. The maximum atomic E-state index is 13.5. The van der Waals surface area contributed by atoms with E-state index in [-0.39, 0.29) is 11.3 Å². The molecule has 2 aromatic carbocycles. The molecule has 0 aliphatic carbocycles. The molecular formula is C25H22BrNO6. The van der Waals surface area contributed by atoms with Gasteiger partial charge in [-0.25, -0.2) is 0 Å². The minimum Gasteiger partial charge on any atom is -0.503 e.